The molecule has 1 fully saturated rings. The van der Waals surface area contributed by atoms with Crippen molar-refractivity contribution in [1.82, 2.24) is 14.8 Å². The summed E-state index contributed by atoms with van der Waals surface area (Å²) in [5.74, 6) is 0.349. The zero-order valence-corrected chi connectivity index (χ0v) is 22.9. The quantitative estimate of drug-likeness (QED) is 0.353. The van der Waals surface area contributed by atoms with Gasteiger partial charge in [0.2, 0.25) is 5.91 Å². The van der Waals surface area contributed by atoms with E-state index in [0.29, 0.717) is 22.8 Å². The maximum Gasteiger partial charge on any atom is 0.255 e. The fourth-order valence-corrected chi connectivity index (χ4v) is 4.41. The number of nitrogens with zero attached hydrogens (tertiary/aromatic N) is 4. The molecule has 2 aromatic carbocycles. The Kier molecular flexibility index (Phi) is 9.43. The molecular formula is C31H35N7O2. The Hall–Kier alpha value is -4.76. The number of aliphatic imine (C=N–C) groups is 1. The van der Waals surface area contributed by atoms with E-state index in [9.17, 15) is 9.59 Å². The van der Waals surface area contributed by atoms with Crippen LogP contribution in [0.2, 0.25) is 0 Å². The molecular weight excluding hydrogens is 502 g/mol. The summed E-state index contributed by atoms with van der Waals surface area (Å²) in [5, 5.41) is 6.20. The molecule has 0 unspecified atom stereocenters. The normalized spacial score (nSPS) is 14.2. The van der Waals surface area contributed by atoms with Crippen LogP contribution in [-0.4, -0.2) is 58.5 Å². The number of aromatic nitrogens is 1. The van der Waals surface area contributed by atoms with Crippen LogP contribution >= 0.6 is 0 Å². The van der Waals surface area contributed by atoms with E-state index in [1.54, 1.807) is 25.4 Å². The molecule has 1 aromatic heterocycles. The second kappa shape index (κ2) is 13.3. The number of rotatable bonds is 9. The van der Waals surface area contributed by atoms with Gasteiger partial charge in [0.1, 0.15) is 5.82 Å². The number of nitrogens with one attached hydrogen (secondary N) is 2. The molecule has 3 aromatic rings. The van der Waals surface area contributed by atoms with Gasteiger partial charge >= 0.3 is 0 Å². The molecule has 1 aliphatic heterocycles. The highest BCUT2D eigenvalue weighted by molar-refractivity contribution is 6.09. The average Bonchev–Trinajstić information content (AvgIpc) is 2.95. The number of allylic oxidation sites excluding steroid dienone is 1. The summed E-state index contributed by atoms with van der Waals surface area (Å²) < 4.78 is 0. The Labute approximate surface area is 235 Å². The van der Waals surface area contributed by atoms with Crippen molar-refractivity contribution < 1.29 is 9.59 Å². The van der Waals surface area contributed by atoms with Crippen LogP contribution in [0.4, 0.5) is 11.4 Å². The van der Waals surface area contributed by atoms with Crippen molar-refractivity contribution in [3.8, 4) is 0 Å². The van der Waals surface area contributed by atoms with E-state index in [1.165, 1.54) is 6.20 Å². The summed E-state index contributed by atoms with van der Waals surface area (Å²) in [7, 11) is 0. The van der Waals surface area contributed by atoms with E-state index in [-0.39, 0.29) is 11.8 Å². The molecule has 0 bridgehead atoms. The number of aryl methyl sites for hydroxylation is 1. The first-order valence-electron chi connectivity index (χ1n) is 13.1. The minimum Gasteiger partial charge on any atom is -0.405 e. The number of nitrogens with two attached hydrogens (primary N) is 1. The molecule has 1 saturated heterocycles. The largest absolute Gasteiger partial charge is 0.405 e. The van der Waals surface area contributed by atoms with Gasteiger partial charge in [-0.3, -0.25) is 19.5 Å². The summed E-state index contributed by atoms with van der Waals surface area (Å²) >= 11 is 0. The van der Waals surface area contributed by atoms with Gasteiger partial charge in [-0.05, 0) is 66.7 Å². The molecule has 0 atom stereocenters. The highest BCUT2D eigenvalue weighted by atomic mass is 16.2. The molecule has 0 saturated carbocycles. The van der Waals surface area contributed by atoms with Crippen LogP contribution in [0, 0.1) is 6.92 Å². The summed E-state index contributed by atoms with van der Waals surface area (Å²) in [6, 6.07) is 17.0. The number of carbonyl (C=O) groups excluding carboxylic acids is 2. The first-order valence-corrected chi connectivity index (χ1v) is 13.1. The smallest absolute Gasteiger partial charge is 0.255 e. The van der Waals surface area contributed by atoms with Gasteiger partial charge < -0.3 is 21.3 Å². The first-order chi connectivity index (χ1) is 19.3. The van der Waals surface area contributed by atoms with Crippen molar-refractivity contribution in [2.24, 2.45) is 10.7 Å². The lowest BCUT2D eigenvalue weighted by Gasteiger charge is -2.34. The van der Waals surface area contributed by atoms with Gasteiger partial charge in [0.25, 0.3) is 5.91 Å². The van der Waals surface area contributed by atoms with E-state index >= 15 is 0 Å². The van der Waals surface area contributed by atoms with Crippen molar-refractivity contribution in [3.63, 3.8) is 0 Å². The number of pyridine rings is 1. The monoisotopic (exact) mass is 537 g/mol. The molecule has 40 heavy (non-hydrogen) atoms. The van der Waals surface area contributed by atoms with E-state index < -0.39 is 0 Å². The zero-order chi connectivity index (χ0) is 28.5. The minimum absolute atomic E-state index is 0.125. The molecule has 0 spiro atoms. The van der Waals surface area contributed by atoms with Gasteiger partial charge in [-0.2, -0.15) is 0 Å². The third kappa shape index (κ3) is 7.64. The number of anilines is 2. The average molecular weight is 538 g/mol. The molecule has 0 radical (unpaired) electrons. The maximum atomic E-state index is 13.0. The van der Waals surface area contributed by atoms with E-state index in [4.69, 9.17) is 5.73 Å². The molecule has 4 rings (SSSR count). The van der Waals surface area contributed by atoms with Crippen LogP contribution in [0.25, 0.3) is 0 Å². The van der Waals surface area contributed by atoms with E-state index in [2.05, 4.69) is 32.1 Å². The van der Waals surface area contributed by atoms with Crippen LogP contribution in [0.1, 0.15) is 34.0 Å². The van der Waals surface area contributed by atoms with Crippen LogP contribution in [0.5, 0.6) is 0 Å². The Bertz CT molecular complexity index is 1410. The number of hydrogen-bond acceptors (Lipinski definition) is 7. The summed E-state index contributed by atoms with van der Waals surface area (Å²) in [6.07, 6.45) is 6.51. The number of carbonyl (C=O) groups is 2. The number of benzene rings is 2. The first kappa shape index (κ1) is 28.3. The third-order valence-electron chi connectivity index (χ3n) is 6.68. The molecule has 1 aliphatic rings. The van der Waals surface area contributed by atoms with E-state index in [0.717, 1.165) is 55.1 Å². The molecule has 206 valence electrons. The van der Waals surface area contributed by atoms with Crippen LogP contribution < -0.4 is 16.4 Å². The highest BCUT2D eigenvalue weighted by Gasteiger charge is 2.18. The van der Waals surface area contributed by atoms with Crippen molar-refractivity contribution in [3.05, 3.63) is 114 Å². The van der Waals surface area contributed by atoms with Gasteiger partial charge in [-0.15, -0.1) is 0 Å². The SMILES string of the molecule is C=C(/N=C(\C=C/N)c1cccnc1)Nc1cc(NC(=O)c2ccc(CN3CCN(C(C)=O)CC3)cc2)ccc1C. The van der Waals surface area contributed by atoms with Gasteiger partial charge in [0.15, 0.2) is 0 Å². The van der Waals surface area contributed by atoms with Crippen molar-refractivity contribution >= 4 is 28.9 Å². The summed E-state index contributed by atoms with van der Waals surface area (Å²) in [4.78, 5) is 37.4. The molecule has 9 heteroatoms. The lowest BCUT2D eigenvalue weighted by atomic mass is 10.1. The molecule has 0 aliphatic carbocycles. The van der Waals surface area contributed by atoms with Crippen LogP contribution in [0.3, 0.4) is 0 Å². The Morgan fingerprint density at radius 3 is 2.45 bits per heavy atom. The molecule has 9 nitrogen and oxygen atoms in total. The second-order valence-corrected chi connectivity index (χ2v) is 9.63. The highest BCUT2D eigenvalue weighted by Crippen LogP contribution is 2.23. The molecule has 4 N–H and O–H groups in total. The lowest BCUT2D eigenvalue weighted by molar-refractivity contribution is -0.130. The third-order valence-corrected chi connectivity index (χ3v) is 6.68. The maximum absolute atomic E-state index is 13.0. The van der Waals surface area contributed by atoms with E-state index in [1.807, 2.05) is 66.4 Å². The van der Waals surface area contributed by atoms with Gasteiger partial charge in [-0.1, -0.05) is 24.8 Å². The van der Waals surface area contributed by atoms with Crippen molar-refractivity contribution in [1.29, 1.82) is 0 Å². The minimum atomic E-state index is -0.194. The Morgan fingerprint density at radius 2 is 1.80 bits per heavy atom. The second-order valence-electron chi connectivity index (χ2n) is 9.63. The molecule has 2 heterocycles. The van der Waals surface area contributed by atoms with Gasteiger partial charge in [0.05, 0.1) is 5.71 Å². The van der Waals surface area contributed by atoms with Crippen molar-refractivity contribution in [2.45, 2.75) is 20.4 Å². The summed E-state index contributed by atoms with van der Waals surface area (Å²) in [5.41, 5.74) is 11.1. The van der Waals surface area contributed by atoms with Gasteiger partial charge in [0, 0.05) is 74.5 Å². The number of hydrogen-bond donors (Lipinski definition) is 3. The molecule has 2 amide bonds. The standard InChI is InChI=1S/C31H35N7O2/c1-22-6-11-28(19-30(22)35-23(2)34-29(12-13-32)27-5-4-14-33-20-27)36-31(40)26-9-7-25(8-10-26)21-37-15-17-38(18-16-37)24(3)39/h4-14,19-20,35H,2,15-18,21,32H2,1,3H3,(H,36,40)/b13-12-,34-29+. The van der Waals surface area contributed by atoms with Crippen LogP contribution in [-0.2, 0) is 11.3 Å². The number of amides is 2. The van der Waals surface area contributed by atoms with Crippen molar-refractivity contribution in [2.75, 3.05) is 36.8 Å². The Morgan fingerprint density at radius 1 is 1.05 bits per heavy atom. The predicted octanol–water partition coefficient (Wildman–Crippen LogP) is 4.15. The van der Waals surface area contributed by atoms with Gasteiger partial charge in [-0.25, -0.2) is 4.99 Å². The number of piperazine rings is 1. The fraction of sp³-hybridized carbons (Fsp3) is 0.226. The topological polar surface area (TPSA) is 116 Å². The van der Waals surface area contributed by atoms with Crippen LogP contribution in [0.15, 0.2) is 96.7 Å². The Balaban J connectivity index is 1.37. The zero-order valence-electron chi connectivity index (χ0n) is 22.9. The lowest BCUT2D eigenvalue weighted by Crippen LogP contribution is -2.47. The predicted molar refractivity (Wildman–Crippen MR) is 160 cm³/mol. The fourth-order valence-electron chi connectivity index (χ4n) is 4.41. The summed E-state index contributed by atoms with van der Waals surface area (Å²) in [6.45, 7) is 11.6.